The Kier molecular flexibility index (Phi) is 3.74. The molecule has 90 valence electrons. The summed E-state index contributed by atoms with van der Waals surface area (Å²) in [6.07, 6.45) is 0.196. The van der Waals surface area contributed by atoms with Crippen LogP contribution in [-0.2, 0) is 9.47 Å². The van der Waals surface area contributed by atoms with Gasteiger partial charge in [0.2, 0.25) is 0 Å². The number of carbonyl (C=O) groups excluding carboxylic acids is 1. The van der Waals surface area contributed by atoms with Gasteiger partial charge < -0.3 is 14.2 Å². The van der Waals surface area contributed by atoms with Crippen molar-refractivity contribution in [3.63, 3.8) is 0 Å². The van der Waals surface area contributed by atoms with Gasteiger partial charge >= 0.3 is 6.09 Å². The Morgan fingerprint density at radius 1 is 1.41 bits per heavy atom. The third kappa shape index (κ3) is 2.83. The van der Waals surface area contributed by atoms with Crippen LogP contribution in [0.2, 0.25) is 0 Å². The Morgan fingerprint density at radius 2 is 2.12 bits per heavy atom. The van der Waals surface area contributed by atoms with Crippen LogP contribution in [0.3, 0.4) is 0 Å². The van der Waals surface area contributed by atoms with Crippen molar-refractivity contribution in [1.82, 2.24) is 5.32 Å². The zero-order valence-electron chi connectivity index (χ0n) is 9.22. The normalized spacial score (nSPS) is 15.5. The molecule has 1 aliphatic heterocycles. The van der Waals surface area contributed by atoms with Gasteiger partial charge in [-0.15, -0.1) is 0 Å². The van der Waals surface area contributed by atoms with Crippen molar-refractivity contribution < 1.29 is 19.0 Å². The molecule has 5 heteroatoms. The van der Waals surface area contributed by atoms with Gasteiger partial charge in [-0.2, -0.15) is 0 Å². The van der Waals surface area contributed by atoms with E-state index in [9.17, 15) is 4.79 Å². The molecular formula is C12H13NO4. The summed E-state index contributed by atoms with van der Waals surface area (Å²) in [5.41, 5.74) is 0.698. The van der Waals surface area contributed by atoms with E-state index in [4.69, 9.17) is 14.2 Å². The molecule has 0 saturated carbocycles. The summed E-state index contributed by atoms with van der Waals surface area (Å²) in [6, 6.07) is 7.09. The van der Waals surface area contributed by atoms with Crippen molar-refractivity contribution >= 4 is 6.09 Å². The lowest BCUT2D eigenvalue weighted by molar-refractivity contribution is -0.0452. The lowest BCUT2D eigenvalue weighted by Gasteiger charge is -2.13. The summed E-state index contributed by atoms with van der Waals surface area (Å²) in [4.78, 5) is 11.3. The molecule has 1 saturated heterocycles. The van der Waals surface area contributed by atoms with Crippen molar-refractivity contribution in [2.75, 3.05) is 13.2 Å². The zero-order chi connectivity index (χ0) is 12.1. The van der Waals surface area contributed by atoms with Crippen molar-refractivity contribution in [3.8, 4) is 5.75 Å². The summed E-state index contributed by atoms with van der Waals surface area (Å²) in [6.45, 7) is 4.46. The van der Waals surface area contributed by atoms with E-state index >= 15 is 0 Å². The minimum atomic E-state index is -0.592. The van der Waals surface area contributed by atoms with E-state index in [1.807, 2.05) is 6.07 Å². The van der Waals surface area contributed by atoms with E-state index in [1.165, 1.54) is 6.20 Å². The fourth-order valence-corrected chi connectivity index (χ4v) is 1.52. The average Bonchev–Trinajstić information content (AvgIpc) is 2.83. The quantitative estimate of drug-likeness (QED) is 0.870. The van der Waals surface area contributed by atoms with Gasteiger partial charge in [0, 0.05) is 0 Å². The Balaban J connectivity index is 2.15. The molecule has 0 radical (unpaired) electrons. The van der Waals surface area contributed by atoms with Crippen LogP contribution in [0.1, 0.15) is 11.9 Å². The van der Waals surface area contributed by atoms with Crippen molar-refractivity contribution in [2.45, 2.75) is 6.29 Å². The van der Waals surface area contributed by atoms with Gasteiger partial charge in [-0.1, -0.05) is 24.8 Å². The maximum Gasteiger partial charge on any atom is 0.416 e. The molecule has 0 atom stereocenters. The van der Waals surface area contributed by atoms with Gasteiger partial charge in [0.15, 0.2) is 6.29 Å². The van der Waals surface area contributed by atoms with E-state index < -0.39 is 12.4 Å². The SMILES string of the molecule is C=CNC(=O)Oc1ccccc1C1OCCO1. The van der Waals surface area contributed by atoms with Crippen molar-refractivity contribution in [1.29, 1.82) is 0 Å². The Bertz CT molecular complexity index is 413. The molecule has 0 spiro atoms. The number of rotatable bonds is 3. The van der Waals surface area contributed by atoms with E-state index in [0.717, 1.165) is 0 Å². The van der Waals surface area contributed by atoms with Crippen LogP contribution in [0.4, 0.5) is 4.79 Å². The van der Waals surface area contributed by atoms with Gasteiger partial charge in [-0.25, -0.2) is 4.79 Å². The first-order chi connectivity index (χ1) is 8.31. The highest BCUT2D eigenvalue weighted by molar-refractivity contribution is 5.71. The molecule has 1 aromatic carbocycles. The van der Waals surface area contributed by atoms with Crippen LogP contribution in [0.15, 0.2) is 37.0 Å². The molecule has 2 rings (SSSR count). The van der Waals surface area contributed by atoms with E-state index in [-0.39, 0.29) is 0 Å². The summed E-state index contributed by atoms with van der Waals surface area (Å²) >= 11 is 0. The maximum atomic E-state index is 11.3. The third-order valence-corrected chi connectivity index (χ3v) is 2.22. The number of amides is 1. The van der Waals surface area contributed by atoms with Gasteiger partial charge in [0.25, 0.3) is 0 Å². The molecule has 0 bridgehead atoms. The fourth-order valence-electron chi connectivity index (χ4n) is 1.52. The van der Waals surface area contributed by atoms with Gasteiger partial charge in [0.1, 0.15) is 5.75 Å². The van der Waals surface area contributed by atoms with Crippen molar-refractivity contribution in [3.05, 3.63) is 42.6 Å². The maximum absolute atomic E-state index is 11.3. The lowest BCUT2D eigenvalue weighted by Crippen LogP contribution is -2.21. The number of hydrogen-bond acceptors (Lipinski definition) is 4. The van der Waals surface area contributed by atoms with Gasteiger partial charge in [0.05, 0.1) is 18.8 Å². The average molecular weight is 235 g/mol. The number of carbonyl (C=O) groups is 1. The molecule has 5 nitrogen and oxygen atoms in total. The molecule has 0 aromatic heterocycles. The van der Waals surface area contributed by atoms with Crippen molar-refractivity contribution in [2.24, 2.45) is 0 Å². The first-order valence-electron chi connectivity index (χ1n) is 5.22. The zero-order valence-corrected chi connectivity index (χ0v) is 9.22. The van der Waals surface area contributed by atoms with Crippen LogP contribution >= 0.6 is 0 Å². The van der Waals surface area contributed by atoms with Crippen LogP contribution in [0.25, 0.3) is 0 Å². The highest BCUT2D eigenvalue weighted by Gasteiger charge is 2.22. The molecular weight excluding hydrogens is 222 g/mol. The molecule has 0 unspecified atom stereocenters. The number of hydrogen-bond donors (Lipinski definition) is 1. The third-order valence-electron chi connectivity index (χ3n) is 2.22. The van der Waals surface area contributed by atoms with Crippen LogP contribution < -0.4 is 10.1 Å². The molecule has 1 N–H and O–H groups in total. The van der Waals surface area contributed by atoms with Gasteiger partial charge in [-0.3, -0.25) is 5.32 Å². The second kappa shape index (κ2) is 5.47. The highest BCUT2D eigenvalue weighted by Crippen LogP contribution is 2.30. The Morgan fingerprint density at radius 3 is 2.82 bits per heavy atom. The second-order valence-electron chi connectivity index (χ2n) is 3.35. The first-order valence-corrected chi connectivity index (χ1v) is 5.22. The molecule has 1 amide bonds. The predicted octanol–water partition coefficient (Wildman–Crippen LogP) is 1.96. The van der Waals surface area contributed by atoms with E-state index in [0.29, 0.717) is 24.5 Å². The van der Waals surface area contributed by atoms with Gasteiger partial charge in [-0.05, 0) is 12.3 Å². The number of para-hydroxylation sites is 1. The first kappa shape index (κ1) is 11.6. The lowest BCUT2D eigenvalue weighted by atomic mass is 10.2. The second-order valence-corrected chi connectivity index (χ2v) is 3.35. The number of ether oxygens (including phenoxy) is 3. The predicted molar refractivity (Wildman–Crippen MR) is 60.4 cm³/mol. The van der Waals surface area contributed by atoms with Crippen LogP contribution in [-0.4, -0.2) is 19.3 Å². The van der Waals surface area contributed by atoms with Crippen LogP contribution in [0.5, 0.6) is 5.75 Å². The molecule has 1 aromatic rings. The van der Waals surface area contributed by atoms with E-state index in [2.05, 4.69) is 11.9 Å². The number of benzene rings is 1. The largest absolute Gasteiger partial charge is 0.416 e. The molecule has 1 aliphatic rings. The topological polar surface area (TPSA) is 56.8 Å². The summed E-state index contributed by atoms with van der Waals surface area (Å²) < 4.78 is 15.9. The van der Waals surface area contributed by atoms with Crippen LogP contribution in [0, 0.1) is 0 Å². The molecule has 1 heterocycles. The summed E-state index contributed by atoms with van der Waals surface area (Å²) in [7, 11) is 0. The minimum Gasteiger partial charge on any atom is -0.410 e. The highest BCUT2D eigenvalue weighted by atomic mass is 16.7. The molecule has 0 aliphatic carbocycles. The monoisotopic (exact) mass is 235 g/mol. The Hall–Kier alpha value is -1.85. The Labute approximate surface area is 99.0 Å². The summed E-state index contributed by atoms with van der Waals surface area (Å²) in [5.74, 6) is 0.416. The standard InChI is InChI=1S/C12H13NO4/c1-2-13-12(14)17-10-6-4-3-5-9(10)11-15-7-8-16-11/h2-6,11H,1,7-8H2,(H,13,14). The molecule has 17 heavy (non-hydrogen) atoms. The fraction of sp³-hybridized carbons (Fsp3) is 0.250. The minimum absolute atomic E-state index is 0.416. The smallest absolute Gasteiger partial charge is 0.410 e. The van der Waals surface area contributed by atoms with E-state index in [1.54, 1.807) is 18.2 Å². The summed E-state index contributed by atoms with van der Waals surface area (Å²) in [5, 5.41) is 2.33. The molecule has 1 fully saturated rings. The number of nitrogens with one attached hydrogen (secondary N) is 1.